The molecule has 11 heavy (non-hydrogen) atoms. The maximum Gasteiger partial charge on any atom is 0.394 e. The highest BCUT2D eigenvalue weighted by Gasteiger charge is 2.12. The molecule has 0 aromatic carbocycles. The van der Waals surface area contributed by atoms with Crippen LogP contribution in [0.25, 0.3) is 0 Å². The number of carboxylic acid groups (broad SMARTS) is 1. The third-order valence-electron chi connectivity index (χ3n) is 1.09. The molecule has 0 saturated carbocycles. The molecule has 0 bridgehead atoms. The van der Waals surface area contributed by atoms with Gasteiger partial charge in [-0.25, -0.2) is 4.79 Å². The number of carbonyl (C=O) groups excluding carboxylic acids is 1. The van der Waals surface area contributed by atoms with E-state index in [0.29, 0.717) is 6.42 Å². The van der Waals surface area contributed by atoms with Crippen LogP contribution in [0, 0.1) is 0 Å². The molecule has 1 amide bonds. The molecule has 0 radical (unpaired) electrons. The van der Waals surface area contributed by atoms with E-state index in [0.717, 1.165) is 0 Å². The van der Waals surface area contributed by atoms with E-state index in [-0.39, 0.29) is 6.04 Å². The Morgan fingerprint density at radius 2 is 2.27 bits per heavy atom. The lowest BCUT2D eigenvalue weighted by molar-refractivity contribution is -0.150. The summed E-state index contributed by atoms with van der Waals surface area (Å²) < 4.78 is 0. The van der Waals surface area contributed by atoms with Crippen molar-refractivity contribution >= 4 is 11.9 Å². The minimum absolute atomic E-state index is 0.170. The van der Waals surface area contributed by atoms with Crippen LogP contribution in [0.1, 0.15) is 13.3 Å². The fourth-order valence-corrected chi connectivity index (χ4v) is 0.594. The van der Waals surface area contributed by atoms with Gasteiger partial charge in [-0.05, 0) is 13.3 Å². The molecule has 0 aliphatic heterocycles. The van der Waals surface area contributed by atoms with Gasteiger partial charge in [0.2, 0.25) is 0 Å². The molecule has 0 fully saturated rings. The molecule has 4 nitrogen and oxygen atoms in total. The van der Waals surface area contributed by atoms with E-state index < -0.39 is 11.9 Å². The van der Waals surface area contributed by atoms with Gasteiger partial charge in [-0.1, -0.05) is 6.08 Å². The lowest BCUT2D eigenvalue weighted by atomic mass is 10.2. The van der Waals surface area contributed by atoms with Crippen LogP contribution in [0.4, 0.5) is 0 Å². The Balaban J connectivity index is 3.74. The van der Waals surface area contributed by atoms with E-state index in [1.165, 1.54) is 0 Å². The number of amides is 1. The van der Waals surface area contributed by atoms with Crippen LogP contribution in [0.5, 0.6) is 0 Å². The number of nitrogens with one attached hydrogen (secondary N) is 1. The third kappa shape index (κ3) is 4.13. The number of hydrogen-bond donors (Lipinski definition) is 2. The molecule has 0 aliphatic rings. The Bertz CT molecular complexity index is 177. The van der Waals surface area contributed by atoms with Crippen LogP contribution in [-0.4, -0.2) is 23.0 Å². The van der Waals surface area contributed by atoms with Crippen molar-refractivity contribution in [3.63, 3.8) is 0 Å². The predicted molar refractivity (Wildman–Crippen MR) is 40.1 cm³/mol. The normalized spacial score (nSPS) is 11.7. The van der Waals surface area contributed by atoms with Gasteiger partial charge in [0.25, 0.3) is 0 Å². The van der Waals surface area contributed by atoms with Crippen LogP contribution in [-0.2, 0) is 9.59 Å². The Morgan fingerprint density at radius 1 is 1.73 bits per heavy atom. The molecular formula is C7H11NO3. The Morgan fingerprint density at radius 3 is 2.64 bits per heavy atom. The van der Waals surface area contributed by atoms with Crippen molar-refractivity contribution in [1.29, 1.82) is 0 Å². The van der Waals surface area contributed by atoms with E-state index in [1.54, 1.807) is 13.0 Å². The standard InChI is InChI=1S/C7H11NO3/c1-3-4-5(2)8-6(9)7(10)11/h3,5H,1,4H2,2H3,(H,8,9)(H,10,11). The number of aliphatic carboxylic acids is 1. The highest BCUT2D eigenvalue weighted by atomic mass is 16.4. The molecule has 0 saturated heterocycles. The SMILES string of the molecule is C=CCC(C)NC(=O)C(=O)O. The summed E-state index contributed by atoms with van der Waals surface area (Å²) in [6, 6.07) is -0.170. The minimum atomic E-state index is -1.46. The number of hydrogen-bond acceptors (Lipinski definition) is 2. The lowest BCUT2D eigenvalue weighted by Gasteiger charge is -2.08. The molecule has 0 heterocycles. The molecule has 0 rings (SSSR count). The van der Waals surface area contributed by atoms with Gasteiger partial charge in [-0.3, -0.25) is 4.79 Å². The molecule has 0 aromatic rings. The van der Waals surface area contributed by atoms with Crippen molar-refractivity contribution in [3.8, 4) is 0 Å². The monoisotopic (exact) mass is 157 g/mol. The van der Waals surface area contributed by atoms with Gasteiger partial charge >= 0.3 is 11.9 Å². The summed E-state index contributed by atoms with van der Waals surface area (Å²) in [4.78, 5) is 20.5. The van der Waals surface area contributed by atoms with Crippen molar-refractivity contribution in [1.82, 2.24) is 5.32 Å². The average molecular weight is 157 g/mol. The predicted octanol–water partition coefficient (Wildman–Crippen LogP) is 0.152. The molecule has 0 aromatic heterocycles. The number of carboxylic acids is 1. The van der Waals surface area contributed by atoms with Crippen LogP contribution in [0.15, 0.2) is 12.7 Å². The average Bonchev–Trinajstić information content (AvgIpc) is 1.87. The summed E-state index contributed by atoms with van der Waals surface area (Å²) in [5.74, 6) is -2.43. The maximum absolute atomic E-state index is 10.5. The van der Waals surface area contributed by atoms with Gasteiger partial charge in [0.05, 0.1) is 0 Å². The first kappa shape index (κ1) is 9.68. The largest absolute Gasteiger partial charge is 0.474 e. The molecular weight excluding hydrogens is 146 g/mol. The molecule has 2 N–H and O–H groups in total. The lowest BCUT2D eigenvalue weighted by Crippen LogP contribution is -2.37. The van der Waals surface area contributed by atoms with Gasteiger partial charge in [0.1, 0.15) is 0 Å². The highest BCUT2D eigenvalue weighted by Crippen LogP contribution is 1.89. The summed E-state index contributed by atoms with van der Waals surface area (Å²) in [6.07, 6.45) is 2.19. The van der Waals surface area contributed by atoms with Gasteiger partial charge in [-0.15, -0.1) is 6.58 Å². The first-order valence-corrected chi connectivity index (χ1v) is 3.22. The van der Waals surface area contributed by atoms with E-state index in [1.807, 2.05) is 0 Å². The zero-order chi connectivity index (χ0) is 8.85. The van der Waals surface area contributed by atoms with Crippen LogP contribution < -0.4 is 5.32 Å². The number of rotatable bonds is 3. The fourth-order valence-electron chi connectivity index (χ4n) is 0.594. The third-order valence-corrected chi connectivity index (χ3v) is 1.09. The Kier molecular flexibility index (Phi) is 3.95. The molecule has 4 heteroatoms. The fraction of sp³-hybridized carbons (Fsp3) is 0.429. The van der Waals surface area contributed by atoms with Crippen molar-refractivity contribution in [2.45, 2.75) is 19.4 Å². The molecule has 0 spiro atoms. The van der Waals surface area contributed by atoms with E-state index in [4.69, 9.17) is 5.11 Å². The van der Waals surface area contributed by atoms with Crippen molar-refractivity contribution in [2.75, 3.05) is 0 Å². The van der Waals surface area contributed by atoms with Gasteiger partial charge in [0.15, 0.2) is 0 Å². The first-order valence-electron chi connectivity index (χ1n) is 3.22. The summed E-state index contributed by atoms with van der Waals surface area (Å²) >= 11 is 0. The quantitative estimate of drug-likeness (QED) is 0.452. The summed E-state index contributed by atoms with van der Waals surface area (Å²) in [5.41, 5.74) is 0. The topological polar surface area (TPSA) is 66.4 Å². The number of carbonyl (C=O) groups is 2. The highest BCUT2D eigenvalue weighted by molar-refractivity contribution is 6.31. The maximum atomic E-state index is 10.5. The van der Waals surface area contributed by atoms with Crippen LogP contribution in [0.3, 0.4) is 0 Å². The van der Waals surface area contributed by atoms with Gasteiger partial charge in [0, 0.05) is 6.04 Å². The molecule has 1 unspecified atom stereocenters. The van der Waals surface area contributed by atoms with Crippen molar-refractivity contribution in [2.24, 2.45) is 0 Å². The Hall–Kier alpha value is -1.32. The zero-order valence-electron chi connectivity index (χ0n) is 6.33. The summed E-state index contributed by atoms with van der Waals surface area (Å²) in [5, 5.41) is 10.4. The molecule has 62 valence electrons. The second-order valence-corrected chi connectivity index (χ2v) is 2.20. The van der Waals surface area contributed by atoms with E-state index in [9.17, 15) is 9.59 Å². The second-order valence-electron chi connectivity index (χ2n) is 2.20. The smallest absolute Gasteiger partial charge is 0.394 e. The van der Waals surface area contributed by atoms with Gasteiger partial charge in [-0.2, -0.15) is 0 Å². The molecule has 0 aliphatic carbocycles. The van der Waals surface area contributed by atoms with Crippen LogP contribution >= 0.6 is 0 Å². The van der Waals surface area contributed by atoms with Crippen molar-refractivity contribution < 1.29 is 14.7 Å². The van der Waals surface area contributed by atoms with Crippen molar-refractivity contribution in [3.05, 3.63) is 12.7 Å². The van der Waals surface area contributed by atoms with E-state index in [2.05, 4.69) is 11.9 Å². The summed E-state index contributed by atoms with van der Waals surface area (Å²) in [6.45, 7) is 5.16. The minimum Gasteiger partial charge on any atom is -0.474 e. The summed E-state index contributed by atoms with van der Waals surface area (Å²) in [7, 11) is 0. The van der Waals surface area contributed by atoms with Gasteiger partial charge < -0.3 is 10.4 Å². The van der Waals surface area contributed by atoms with Crippen LogP contribution in [0.2, 0.25) is 0 Å². The Labute approximate surface area is 64.9 Å². The molecule has 1 atom stereocenters. The van der Waals surface area contributed by atoms with E-state index >= 15 is 0 Å². The zero-order valence-corrected chi connectivity index (χ0v) is 6.33. The second kappa shape index (κ2) is 4.49. The first-order chi connectivity index (χ1) is 5.07.